The van der Waals surface area contributed by atoms with Gasteiger partial charge in [0.25, 0.3) is 5.91 Å². The van der Waals surface area contributed by atoms with Crippen molar-refractivity contribution in [2.45, 2.75) is 26.9 Å². The zero-order valence-electron chi connectivity index (χ0n) is 20.4. The Labute approximate surface area is 205 Å². The van der Waals surface area contributed by atoms with Crippen molar-refractivity contribution in [1.29, 1.82) is 0 Å². The van der Waals surface area contributed by atoms with Gasteiger partial charge in [-0.3, -0.25) is 4.79 Å². The summed E-state index contributed by atoms with van der Waals surface area (Å²) < 4.78 is 24.0. The van der Waals surface area contributed by atoms with Crippen molar-refractivity contribution < 1.29 is 23.7 Å². The summed E-state index contributed by atoms with van der Waals surface area (Å²) in [7, 11) is 1.66. The fraction of sp³-hybridized carbons (Fsp3) is 0.370. The van der Waals surface area contributed by atoms with Gasteiger partial charge in [0.15, 0.2) is 11.5 Å². The zero-order chi connectivity index (χ0) is 24.4. The van der Waals surface area contributed by atoms with Crippen molar-refractivity contribution in [2.75, 3.05) is 45.1 Å². The van der Waals surface area contributed by atoms with Crippen LogP contribution in [0.1, 0.15) is 32.9 Å². The number of carbonyl (C=O) groups is 1. The molecule has 0 aliphatic carbocycles. The Kier molecular flexibility index (Phi) is 6.55. The third kappa shape index (κ3) is 4.66. The maximum Gasteiger partial charge on any atom is 0.268 e. The molecule has 3 aromatic rings. The second kappa shape index (κ2) is 9.92. The van der Waals surface area contributed by atoms with Crippen molar-refractivity contribution in [3.63, 3.8) is 0 Å². The molecular formula is C27H31N3O5. The van der Waals surface area contributed by atoms with Crippen molar-refractivity contribution in [1.82, 2.24) is 9.88 Å². The number of ether oxygens (including phenoxy) is 4. The van der Waals surface area contributed by atoms with Gasteiger partial charge in [0.2, 0.25) is 6.79 Å². The van der Waals surface area contributed by atoms with Gasteiger partial charge in [-0.1, -0.05) is 18.2 Å². The van der Waals surface area contributed by atoms with Crippen molar-refractivity contribution in [3.05, 3.63) is 70.5 Å². The number of nitrogens with zero attached hydrogens (tertiary/aromatic N) is 2. The number of nitrogens with one attached hydrogen (secondary N) is 1. The van der Waals surface area contributed by atoms with E-state index in [-0.39, 0.29) is 12.7 Å². The molecule has 2 aliphatic rings. The van der Waals surface area contributed by atoms with E-state index >= 15 is 0 Å². The molecule has 3 heterocycles. The number of aromatic nitrogens is 1. The Morgan fingerprint density at radius 1 is 1.03 bits per heavy atom. The molecule has 8 nitrogen and oxygen atoms in total. The predicted molar refractivity (Wildman–Crippen MR) is 133 cm³/mol. The average Bonchev–Trinajstić information content (AvgIpc) is 3.45. The Balaban J connectivity index is 1.45. The van der Waals surface area contributed by atoms with Gasteiger partial charge in [-0.15, -0.1) is 0 Å². The highest BCUT2D eigenvalue weighted by Crippen LogP contribution is 2.34. The van der Waals surface area contributed by atoms with Gasteiger partial charge in [0.1, 0.15) is 11.4 Å². The van der Waals surface area contributed by atoms with Crippen LogP contribution in [0.2, 0.25) is 0 Å². The molecule has 0 bridgehead atoms. The van der Waals surface area contributed by atoms with Gasteiger partial charge < -0.3 is 33.7 Å². The second-order valence-electron chi connectivity index (χ2n) is 8.82. The molecule has 1 saturated heterocycles. The van der Waals surface area contributed by atoms with Crippen LogP contribution in [0.3, 0.4) is 0 Å². The van der Waals surface area contributed by atoms with Crippen LogP contribution in [-0.4, -0.2) is 50.7 Å². The van der Waals surface area contributed by atoms with Crippen LogP contribution in [-0.2, 0) is 17.8 Å². The molecule has 2 aliphatic heterocycles. The lowest BCUT2D eigenvalue weighted by molar-refractivity contribution is 0.0941. The number of hydrogen-bond acceptors (Lipinski definition) is 6. The number of methoxy groups -OCH3 is 1. The number of rotatable bonds is 7. The highest BCUT2D eigenvalue weighted by atomic mass is 16.7. The minimum Gasteiger partial charge on any atom is -0.497 e. The molecule has 0 radical (unpaired) electrons. The van der Waals surface area contributed by atoms with E-state index in [0.29, 0.717) is 37.7 Å². The van der Waals surface area contributed by atoms with E-state index in [4.69, 9.17) is 18.9 Å². The topological polar surface area (TPSA) is 74.2 Å². The molecule has 0 spiro atoms. The molecule has 1 fully saturated rings. The van der Waals surface area contributed by atoms with E-state index in [1.54, 1.807) is 7.11 Å². The lowest BCUT2D eigenvalue weighted by Crippen LogP contribution is -2.36. The van der Waals surface area contributed by atoms with Crippen LogP contribution < -0.4 is 24.4 Å². The van der Waals surface area contributed by atoms with Crippen LogP contribution >= 0.6 is 0 Å². The van der Waals surface area contributed by atoms with Crippen molar-refractivity contribution in [3.8, 4) is 17.2 Å². The molecule has 0 atom stereocenters. The minimum atomic E-state index is -0.106. The molecule has 0 unspecified atom stereocenters. The first-order chi connectivity index (χ1) is 17.0. The van der Waals surface area contributed by atoms with E-state index in [1.165, 1.54) is 0 Å². The summed E-state index contributed by atoms with van der Waals surface area (Å²) in [6.45, 7) is 8.31. The van der Waals surface area contributed by atoms with Crippen LogP contribution in [0.25, 0.3) is 0 Å². The standard InChI is InChI=1S/C27H31N3O5/c1-18-25(29-9-11-33-12-10-29)19(2)30(16-21-5-4-6-22(13-21)32-3)26(18)27(31)28-15-20-7-8-23-24(14-20)35-17-34-23/h4-8,13-14H,9-12,15-17H2,1-3H3,(H,28,31). The Morgan fingerprint density at radius 3 is 2.63 bits per heavy atom. The molecular weight excluding hydrogens is 446 g/mol. The summed E-state index contributed by atoms with van der Waals surface area (Å²) in [5, 5.41) is 3.12. The summed E-state index contributed by atoms with van der Waals surface area (Å²) >= 11 is 0. The summed E-state index contributed by atoms with van der Waals surface area (Å²) in [4.78, 5) is 15.9. The summed E-state index contributed by atoms with van der Waals surface area (Å²) in [6.07, 6.45) is 0. The van der Waals surface area contributed by atoms with Crippen LogP contribution in [0.5, 0.6) is 17.2 Å². The number of morpholine rings is 1. The molecule has 184 valence electrons. The highest BCUT2D eigenvalue weighted by Gasteiger charge is 2.27. The minimum absolute atomic E-state index is 0.106. The molecule has 35 heavy (non-hydrogen) atoms. The maximum atomic E-state index is 13.6. The Hall–Kier alpha value is -3.65. The summed E-state index contributed by atoms with van der Waals surface area (Å²) in [5.74, 6) is 2.13. The third-order valence-corrected chi connectivity index (χ3v) is 6.64. The molecule has 8 heteroatoms. The first-order valence-electron chi connectivity index (χ1n) is 11.9. The molecule has 1 amide bonds. The van der Waals surface area contributed by atoms with Gasteiger partial charge in [-0.05, 0) is 49.2 Å². The van der Waals surface area contributed by atoms with Gasteiger partial charge in [-0.2, -0.15) is 0 Å². The highest BCUT2D eigenvalue weighted by molar-refractivity contribution is 5.96. The number of hydrogen-bond donors (Lipinski definition) is 1. The van der Waals surface area contributed by atoms with Crippen LogP contribution in [0, 0.1) is 13.8 Å². The molecule has 1 aromatic heterocycles. The summed E-state index contributed by atoms with van der Waals surface area (Å²) in [6, 6.07) is 13.7. The van der Waals surface area contributed by atoms with Crippen LogP contribution in [0.15, 0.2) is 42.5 Å². The maximum absolute atomic E-state index is 13.6. The number of fused-ring (bicyclic) bond motifs is 1. The zero-order valence-corrected chi connectivity index (χ0v) is 20.4. The molecule has 5 rings (SSSR count). The van der Waals surface area contributed by atoms with Crippen molar-refractivity contribution in [2.24, 2.45) is 0 Å². The quantitative estimate of drug-likeness (QED) is 0.560. The fourth-order valence-corrected chi connectivity index (χ4v) is 4.90. The number of benzene rings is 2. The second-order valence-corrected chi connectivity index (χ2v) is 8.82. The first-order valence-corrected chi connectivity index (χ1v) is 11.9. The van der Waals surface area contributed by atoms with Gasteiger partial charge in [0.05, 0.1) is 26.0 Å². The number of amides is 1. The molecule has 1 N–H and O–H groups in total. The molecule has 0 saturated carbocycles. The van der Waals surface area contributed by atoms with E-state index in [1.807, 2.05) is 43.3 Å². The predicted octanol–water partition coefficient (Wildman–Crippen LogP) is 3.66. The van der Waals surface area contributed by atoms with E-state index in [2.05, 4.69) is 27.8 Å². The number of anilines is 1. The van der Waals surface area contributed by atoms with Crippen molar-refractivity contribution >= 4 is 11.6 Å². The number of carbonyl (C=O) groups excluding carboxylic acids is 1. The Morgan fingerprint density at radius 2 is 1.83 bits per heavy atom. The monoisotopic (exact) mass is 477 g/mol. The third-order valence-electron chi connectivity index (χ3n) is 6.64. The van der Waals surface area contributed by atoms with Gasteiger partial charge in [0, 0.05) is 37.4 Å². The van der Waals surface area contributed by atoms with Gasteiger partial charge >= 0.3 is 0 Å². The van der Waals surface area contributed by atoms with Gasteiger partial charge in [-0.25, -0.2) is 0 Å². The first kappa shape index (κ1) is 23.1. The summed E-state index contributed by atoms with van der Waals surface area (Å²) in [5.41, 5.74) is 5.87. The largest absolute Gasteiger partial charge is 0.497 e. The average molecular weight is 478 g/mol. The van der Waals surface area contributed by atoms with E-state index in [0.717, 1.165) is 52.7 Å². The molecule has 2 aromatic carbocycles. The van der Waals surface area contributed by atoms with E-state index in [9.17, 15) is 4.79 Å². The fourth-order valence-electron chi connectivity index (χ4n) is 4.90. The van der Waals surface area contributed by atoms with Crippen LogP contribution in [0.4, 0.5) is 5.69 Å². The lowest BCUT2D eigenvalue weighted by atomic mass is 10.1. The smallest absolute Gasteiger partial charge is 0.268 e. The normalized spacial score (nSPS) is 14.8. The van der Waals surface area contributed by atoms with E-state index < -0.39 is 0 Å². The lowest BCUT2D eigenvalue weighted by Gasteiger charge is -2.29. The Bertz CT molecular complexity index is 1230. The SMILES string of the molecule is COc1cccc(Cn2c(C)c(N3CCOCC3)c(C)c2C(=O)NCc2ccc3c(c2)OCO3)c1.